The summed E-state index contributed by atoms with van der Waals surface area (Å²) in [4.78, 5) is 9.09. The van der Waals surface area contributed by atoms with E-state index in [9.17, 15) is 8.42 Å². The molecule has 220 valence electrons. The van der Waals surface area contributed by atoms with Crippen LogP contribution < -0.4 is 15.2 Å². The van der Waals surface area contributed by atoms with Crippen molar-refractivity contribution in [2.75, 3.05) is 40.6 Å². The topological polar surface area (TPSA) is 94.2 Å². The van der Waals surface area contributed by atoms with Gasteiger partial charge in [-0.15, -0.1) is 11.3 Å². The zero-order valence-electron chi connectivity index (χ0n) is 24.0. The van der Waals surface area contributed by atoms with Gasteiger partial charge in [-0.25, -0.2) is 13.4 Å². The van der Waals surface area contributed by atoms with Crippen molar-refractivity contribution in [3.8, 4) is 21.9 Å². The second kappa shape index (κ2) is 14.0. The fraction of sp³-hybridized carbons (Fsp3) is 0.219. The molecule has 1 heterocycles. The molecule has 3 aromatic carbocycles. The molecule has 0 bridgehead atoms. The minimum Gasteiger partial charge on any atom is -0.493 e. The maximum atomic E-state index is 12.1. The van der Waals surface area contributed by atoms with Crippen molar-refractivity contribution in [3.63, 3.8) is 0 Å². The summed E-state index contributed by atoms with van der Waals surface area (Å²) in [6.07, 6.45) is 3.89. The van der Waals surface area contributed by atoms with E-state index in [0.717, 1.165) is 33.8 Å². The van der Waals surface area contributed by atoms with Gasteiger partial charge in [0.2, 0.25) is 0 Å². The molecule has 0 radical (unpaired) electrons. The first-order valence-corrected chi connectivity index (χ1v) is 16.3. The third kappa shape index (κ3) is 8.23. The fourth-order valence-electron chi connectivity index (χ4n) is 4.31. The Bertz CT molecular complexity index is 1710. The Labute approximate surface area is 256 Å². The third-order valence-corrected chi connectivity index (χ3v) is 9.09. The molecule has 10 heteroatoms. The molecule has 0 atom stereocenters. The Morgan fingerprint density at radius 1 is 1.00 bits per heavy atom. The normalized spacial score (nSPS) is 12.5. The van der Waals surface area contributed by atoms with Gasteiger partial charge in [0.05, 0.1) is 40.4 Å². The number of hydrogen-bond acceptors (Lipinski definition) is 8. The highest BCUT2D eigenvalue weighted by molar-refractivity contribution is 7.90. The van der Waals surface area contributed by atoms with Crippen LogP contribution in [0.5, 0.6) is 11.5 Å². The van der Waals surface area contributed by atoms with Crippen LogP contribution in [0.1, 0.15) is 10.4 Å². The first-order valence-electron chi connectivity index (χ1n) is 13.2. The largest absolute Gasteiger partial charge is 0.493 e. The van der Waals surface area contributed by atoms with Gasteiger partial charge in [0, 0.05) is 29.9 Å². The average molecular weight is 624 g/mol. The number of likely N-dealkylation sites (N-methyl/N-ethyl adjacent to an activating group) is 1. The standard InChI is InChI=1S/C32H34ClN3O4S2/c1-36(17-16-22-12-13-29(39-2)30(18-22)40-3)21-24(34)20-28(35-27-11-6-5-10-26(27)33)32-15-14-31(41-32)23-8-7-9-25(19-23)42(4,37)38/h5-15,18-20H,16-17,21,34H2,1-4H3/b24-20-,35-28?. The number of hydrogen-bond donors (Lipinski definition) is 1. The second-order valence-electron chi connectivity index (χ2n) is 9.81. The molecule has 2 N–H and O–H groups in total. The molecule has 0 saturated heterocycles. The van der Waals surface area contributed by atoms with Crippen molar-refractivity contribution in [2.24, 2.45) is 10.7 Å². The van der Waals surface area contributed by atoms with Crippen molar-refractivity contribution in [1.29, 1.82) is 0 Å². The number of thiophene rings is 1. The molecule has 0 unspecified atom stereocenters. The van der Waals surface area contributed by atoms with Crippen molar-refractivity contribution < 1.29 is 17.9 Å². The van der Waals surface area contributed by atoms with Gasteiger partial charge in [0.15, 0.2) is 21.3 Å². The summed E-state index contributed by atoms with van der Waals surface area (Å²) in [7, 11) is 1.95. The molecule has 1 aromatic heterocycles. The first-order chi connectivity index (χ1) is 20.1. The third-order valence-electron chi connectivity index (χ3n) is 6.50. The lowest BCUT2D eigenvalue weighted by molar-refractivity contribution is 0.352. The van der Waals surface area contributed by atoms with Crippen LogP contribution in [0.3, 0.4) is 0 Å². The molecule has 0 aliphatic rings. The summed E-state index contributed by atoms with van der Waals surface area (Å²) in [5.74, 6) is 1.41. The highest BCUT2D eigenvalue weighted by atomic mass is 35.5. The van der Waals surface area contributed by atoms with E-state index in [-0.39, 0.29) is 4.90 Å². The number of methoxy groups -OCH3 is 2. The molecular formula is C32H34ClN3O4S2. The molecule has 4 rings (SSSR count). The molecule has 42 heavy (non-hydrogen) atoms. The summed E-state index contributed by atoms with van der Waals surface area (Å²) < 4.78 is 34.9. The Morgan fingerprint density at radius 2 is 1.76 bits per heavy atom. The lowest BCUT2D eigenvalue weighted by Gasteiger charge is -2.17. The van der Waals surface area contributed by atoms with Crippen LogP contribution in [-0.2, 0) is 16.3 Å². The first kappa shape index (κ1) is 31.3. The SMILES string of the molecule is COc1ccc(CCN(C)C/C(N)=C/C(=Nc2ccccc2Cl)c2ccc(-c3cccc(S(C)(=O)=O)c3)s2)cc1OC. The highest BCUT2D eigenvalue weighted by Gasteiger charge is 2.13. The van der Waals surface area contributed by atoms with Crippen LogP contribution in [0.2, 0.25) is 5.02 Å². The minimum absolute atomic E-state index is 0.278. The van der Waals surface area contributed by atoms with E-state index >= 15 is 0 Å². The van der Waals surface area contributed by atoms with Gasteiger partial charge in [0.1, 0.15) is 0 Å². The average Bonchev–Trinajstić information content (AvgIpc) is 3.47. The van der Waals surface area contributed by atoms with Crippen molar-refractivity contribution in [3.05, 3.63) is 106 Å². The van der Waals surface area contributed by atoms with Gasteiger partial charge in [-0.2, -0.15) is 0 Å². The number of allylic oxidation sites excluding steroid dienone is 1. The number of para-hydroxylation sites is 1. The van der Waals surface area contributed by atoms with Gasteiger partial charge in [-0.3, -0.25) is 0 Å². The van der Waals surface area contributed by atoms with Crippen LogP contribution >= 0.6 is 22.9 Å². The van der Waals surface area contributed by atoms with Gasteiger partial charge in [-0.05, 0) is 79.2 Å². The van der Waals surface area contributed by atoms with Crippen molar-refractivity contribution in [1.82, 2.24) is 4.90 Å². The van der Waals surface area contributed by atoms with Crippen LogP contribution in [0.15, 0.2) is 101 Å². The molecule has 0 aliphatic carbocycles. The number of nitrogens with zero attached hydrogens (tertiary/aromatic N) is 2. The maximum Gasteiger partial charge on any atom is 0.175 e. The van der Waals surface area contributed by atoms with Crippen LogP contribution in [0, 0.1) is 0 Å². The zero-order chi connectivity index (χ0) is 30.3. The number of sulfone groups is 1. The second-order valence-corrected chi connectivity index (χ2v) is 13.3. The van der Waals surface area contributed by atoms with E-state index in [1.54, 1.807) is 38.5 Å². The number of aliphatic imine (C=N–C) groups is 1. The smallest absolute Gasteiger partial charge is 0.175 e. The maximum absolute atomic E-state index is 12.1. The van der Waals surface area contributed by atoms with Gasteiger partial charge in [-0.1, -0.05) is 41.9 Å². The van der Waals surface area contributed by atoms with Crippen LogP contribution in [0.4, 0.5) is 5.69 Å². The van der Waals surface area contributed by atoms with Crippen molar-refractivity contribution >= 4 is 44.2 Å². The van der Waals surface area contributed by atoms with Gasteiger partial charge in [0.25, 0.3) is 0 Å². The molecule has 0 amide bonds. The van der Waals surface area contributed by atoms with E-state index in [2.05, 4.69) is 4.90 Å². The number of benzene rings is 3. The van der Waals surface area contributed by atoms with E-state index in [1.165, 1.54) is 17.6 Å². The van der Waals surface area contributed by atoms with E-state index in [0.29, 0.717) is 40.2 Å². The minimum atomic E-state index is -3.32. The molecule has 4 aromatic rings. The predicted molar refractivity (Wildman–Crippen MR) is 174 cm³/mol. The number of ether oxygens (including phenoxy) is 2. The summed E-state index contributed by atoms with van der Waals surface area (Å²) in [5.41, 5.74) is 10.4. The summed E-state index contributed by atoms with van der Waals surface area (Å²) >= 11 is 7.95. The molecule has 0 aliphatic heterocycles. The number of halogens is 1. The molecule has 0 fully saturated rings. The van der Waals surface area contributed by atoms with E-state index in [4.69, 9.17) is 31.8 Å². The molecule has 0 saturated carbocycles. The highest BCUT2D eigenvalue weighted by Crippen LogP contribution is 2.32. The Hall–Kier alpha value is -3.63. The number of nitrogens with two attached hydrogens (primary N) is 1. The Morgan fingerprint density at radius 3 is 2.48 bits per heavy atom. The quantitative estimate of drug-likeness (QED) is 0.178. The van der Waals surface area contributed by atoms with Crippen LogP contribution in [-0.4, -0.2) is 59.6 Å². The molecule has 7 nitrogen and oxygen atoms in total. The van der Waals surface area contributed by atoms with Crippen LogP contribution in [0.25, 0.3) is 10.4 Å². The lowest BCUT2D eigenvalue weighted by Crippen LogP contribution is -2.26. The van der Waals surface area contributed by atoms with Crippen molar-refractivity contribution in [2.45, 2.75) is 11.3 Å². The monoisotopic (exact) mass is 623 g/mol. The number of rotatable bonds is 12. The Balaban J connectivity index is 1.57. The predicted octanol–water partition coefficient (Wildman–Crippen LogP) is 6.63. The van der Waals surface area contributed by atoms with E-state index in [1.807, 2.05) is 67.7 Å². The molecule has 0 spiro atoms. The van der Waals surface area contributed by atoms with Gasteiger partial charge >= 0.3 is 0 Å². The molecular weight excluding hydrogens is 590 g/mol. The summed E-state index contributed by atoms with van der Waals surface area (Å²) in [6, 6.07) is 24.2. The summed E-state index contributed by atoms with van der Waals surface area (Å²) in [5, 5.41) is 0.534. The van der Waals surface area contributed by atoms with Gasteiger partial charge < -0.3 is 20.1 Å². The lowest BCUT2D eigenvalue weighted by atomic mass is 10.1. The Kier molecular flexibility index (Phi) is 10.5. The zero-order valence-corrected chi connectivity index (χ0v) is 26.4. The van der Waals surface area contributed by atoms with E-state index < -0.39 is 9.84 Å². The fourth-order valence-corrected chi connectivity index (χ4v) is 6.12. The summed E-state index contributed by atoms with van der Waals surface area (Å²) in [6.45, 7) is 1.31.